The van der Waals surface area contributed by atoms with Gasteiger partial charge in [0, 0.05) is 37.0 Å². The van der Waals surface area contributed by atoms with E-state index in [0.29, 0.717) is 24.3 Å². The molecule has 164 valence electrons. The summed E-state index contributed by atoms with van der Waals surface area (Å²) in [7, 11) is 1.57. The Morgan fingerprint density at radius 2 is 1.88 bits per heavy atom. The quantitative estimate of drug-likeness (QED) is 0.454. The molecule has 32 heavy (non-hydrogen) atoms. The van der Waals surface area contributed by atoms with E-state index in [1.165, 1.54) is 21.9 Å². The molecule has 2 unspecified atom stereocenters. The van der Waals surface area contributed by atoms with Crippen molar-refractivity contribution in [2.45, 2.75) is 24.5 Å². The monoisotopic (exact) mass is 436 g/mol. The van der Waals surface area contributed by atoms with Crippen molar-refractivity contribution in [2.24, 2.45) is 0 Å². The number of ether oxygens (including phenoxy) is 1. The second-order valence-corrected chi connectivity index (χ2v) is 8.20. The van der Waals surface area contributed by atoms with Crippen LogP contribution < -0.4 is 4.90 Å². The van der Waals surface area contributed by atoms with Gasteiger partial charge in [0.15, 0.2) is 5.54 Å². The molecular formula is C24H21FN2O5. The van der Waals surface area contributed by atoms with Crippen molar-refractivity contribution >= 4 is 29.0 Å². The number of amides is 2. The largest absolute Gasteiger partial charge is 0.507 e. The molecule has 7 nitrogen and oxygen atoms in total. The highest BCUT2D eigenvalue weighted by Crippen LogP contribution is 2.53. The van der Waals surface area contributed by atoms with Crippen molar-refractivity contribution in [3.8, 4) is 0 Å². The molecule has 0 bridgehead atoms. The Bertz CT molecular complexity index is 1170. The van der Waals surface area contributed by atoms with Crippen LogP contribution in [0.3, 0.4) is 0 Å². The van der Waals surface area contributed by atoms with E-state index in [0.717, 1.165) is 18.6 Å². The average Bonchev–Trinajstić information content (AvgIpc) is 3.45. The number of nitrogens with zero attached hydrogens (tertiary/aromatic N) is 2. The van der Waals surface area contributed by atoms with E-state index in [-0.39, 0.29) is 23.8 Å². The Hall–Kier alpha value is -3.52. The Morgan fingerprint density at radius 3 is 2.56 bits per heavy atom. The first-order valence-electron chi connectivity index (χ1n) is 10.4. The molecule has 3 aliphatic heterocycles. The number of hydrogen-bond acceptors (Lipinski definition) is 5. The third-order valence-corrected chi connectivity index (χ3v) is 6.47. The Balaban J connectivity index is 1.79. The molecule has 3 aliphatic rings. The molecule has 2 fully saturated rings. The van der Waals surface area contributed by atoms with Gasteiger partial charge in [-0.1, -0.05) is 18.2 Å². The molecule has 8 heteroatoms. The number of Topliss-reactive ketones (excluding diaryl/α,β-unsaturated/α-hetero) is 1. The maximum Gasteiger partial charge on any atom is 0.296 e. The zero-order valence-electron chi connectivity index (χ0n) is 17.4. The van der Waals surface area contributed by atoms with Gasteiger partial charge in [0.2, 0.25) is 0 Å². The van der Waals surface area contributed by atoms with Crippen LogP contribution in [0.1, 0.15) is 24.0 Å². The zero-order chi connectivity index (χ0) is 22.6. The summed E-state index contributed by atoms with van der Waals surface area (Å²) in [5.74, 6) is -3.38. The highest BCUT2D eigenvalue weighted by molar-refractivity contribution is 6.50. The van der Waals surface area contributed by atoms with Crippen molar-refractivity contribution in [1.29, 1.82) is 0 Å². The van der Waals surface area contributed by atoms with Gasteiger partial charge in [-0.05, 0) is 43.2 Å². The number of aliphatic hydroxyl groups excluding tert-OH is 1. The summed E-state index contributed by atoms with van der Waals surface area (Å²) in [5, 5.41) is 11.2. The molecule has 1 N–H and O–H groups in total. The number of likely N-dealkylation sites (N-methyl/N-ethyl adjacent to an activating group) is 1. The molecule has 3 heterocycles. The second kappa shape index (κ2) is 7.27. The average molecular weight is 436 g/mol. The van der Waals surface area contributed by atoms with Gasteiger partial charge in [0.05, 0.1) is 11.7 Å². The van der Waals surface area contributed by atoms with Crippen molar-refractivity contribution in [1.82, 2.24) is 4.90 Å². The third kappa shape index (κ3) is 2.65. The summed E-state index contributed by atoms with van der Waals surface area (Å²) in [6, 6.07) is 11.8. The van der Waals surface area contributed by atoms with Gasteiger partial charge in [-0.25, -0.2) is 4.39 Å². The molecular weight excluding hydrogens is 415 g/mol. The fourth-order valence-corrected chi connectivity index (χ4v) is 4.97. The van der Waals surface area contributed by atoms with Crippen molar-refractivity contribution < 1.29 is 28.6 Å². The van der Waals surface area contributed by atoms with E-state index in [1.807, 2.05) is 0 Å². The Labute approximate surface area is 183 Å². The number of hydrogen-bond donors (Lipinski definition) is 1. The molecule has 0 aromatic heterocycles. The smallest absolute Gasteiger partial charge is 0.296 e. The normalized spacial score (nSPS) is 26.4. The lowest BCUT2D eigenvalue weighted by Gasteiger charge is -2.35. The first kappa shape index (κ1) is 20.4. The molecule has 2 aromatic carbocycles. The Kier molecular flexibility index (Phi) is 4.63. The van der Waals surface area contributed by atoms with Gasteiger partial charge in [0.25, 0.3) is 17.6 Å². The van der Waals surface area contributed by atoms with E-state index in [2.05, 4.69) is 0 Å². The number of aliphatic hydroxyl groups is 1. The SMILES string of the molecule is CN1C(=O)C2(C(=C(O)c3ccc(F)cc3)C(=O)C(=O)N2CC2CCCO2)c2ccccc21. The number of rotatable bonds is 3. The number of fused-ring (bicyclic) bond motifs is 2. The predicted molar refractivity (Wildman–Crippen MR) is 113 cm³/mol. The molecule has 2 amide bonds. The fraction of sp³-hybridized carbons (Fsp3) is 0.292. The molecule has 1 spiro atoms. The van der Waals surface area contributed by atoms with Crippen molar-refractivity contribution in [3.63, 3.8) is 0 Å². The molecule has 2 saturated heterocycles. The molecule has 0 saturated carbocycles. The van der Waals surface area contributed by atoms with E-state index in [1.54, 1.807) is 31.3 Å². The van der Waals surface area contributed by atoms with Gasteiger partial charge in [-0.15, -0.1) is 0 Å². The lowest BCUT2D eigenvalue weighted by atomic mass is 9.81. The number of benzene rings is 2. The van der Waals surface area contributed by atoms with Crippen LogP contribution in [0, 0.1) is 5.82 Å². The van der Waals surface area contributed by atoms with E-state index >= 15 is 0 Å². The van der Waals surface area contributed by atoms with Crippen molar-refractivity contribution in [3.05, 3.63) is 71.0 Å². The summed E-state index contributed by atoms with van der Waals surface area (Å²) in [5.41, 5.74) is -1.01. The molecule has 2 atom stereocenters. The molecule has 0 radical (unpaired) electrons. The van der Waals surface area contributed by atoms with E-state index in [9.17, 15) is 23.9 Å². The van der Waals surface area contributed by atoms with Crippen LogP contribution in [0.5, 0.6) is 0 Å². The summed E-state index contributed by atoms with van der Waals surface area (Å²) in [4.78, 5) is 43.0. The summed E-state index contributed by atoms with van der Waals surface area (Å²) in [6.07, 6.45) is 1.20. The third-order valence-electron chi connectivity index (χ3n) is 6.47. The van der Waals surface area contributed by atoms with Gasteiger partial charge in [-0.3, -0.25) is 14.4 Å². The van der Waals surface area contributed by atoms with Gasteiger partial charge in [0.1, 0.15) is 11.6 Å². The van der Waals surface area contributed by atoms with Crippen LogP contribution in [0.25, 0.3) is 5.76 Å². The summed E-state index contributed by atoms with van der Waals surface area (Å²) >= 11 is 0. The highest BCUT2D eigenvalue weighted by atomic mass is 19.1. The van der Waals surface area contributed by atoms with Crippen LogP contribution in [-0.2, 0) is 24.7 Å². The van der Waals surface area contributed by atoms with E-state index in [4.69, 9.17) is 4.74 Å². The number of halogens is 1. The lowest BCUT2D eigenvalue weighted by Crippen LogP contribution is -2.53. The first-order chi connectivity index (χ1) is 15.4. The minimum Gasteiger partial charge on any atom is -0.507 e. The van der Waals surface area contributed by atoms with Crippen LogP contribution in [0.15, 0.2) is 54.1 Å². The number of likely N-dealkylation sites (tertiary alicyclic amines) is 1. The number of ketones is 1. The minimum atomic E-state index is -1.82. The minimum absolute atomic E-state index is 0.0404. The van der Waals surface area contributed by atoms with Crippen LogP contribution in [0.4, 0.5) is 10.1 Å². The lowest BCUT2D eigenvalue weighted by molar-refractivity contribution is -0.145. The summed E-state index contributed by atoms with van der Waals surface area (Å²) in [6.45, 7) is 0.584. The van der Waals surface area contributed by atoms with Crippen LogP contribution >= 0.6 is 0 Å². The highest BCUT2D eigenvalue weighted by Gasteiger charge is 2.66. The van der Waals surface area contributed by atoms with Crippen molar-refractivity contribution in [2.75, 3.05) is 25.1 Å². The number of carbonyl (C=O) groups excluding carboxylic acids is 3. The molecule has 2 aromatic rings. The molecule has 0 aliphatic carbocycles. The number of para-hydroxylation sites is 1. The maximum atomic E-state index is 13.8. The Morgan fingerprint density at radius 1 is 1.16 bits per heavy atom. The van der Waals surface area contributed by atoms with Crippen LogP contribution in [0.2, 0.25) is 0 Å². The van der Waals surface area contributed by atoms with Gasteiger partial charge < -0.3 is 19.6 Å². The molecule has 5 rings (SSSR count). The second-order valence-electron chi connectivity index (χ2n) is 8.20. The summed E-state index contributed by atoms with van der Waals surface area (Å²) < 4.78 is 19.2. The topological polar surface area (TPSA) is 87.2 Å². The van der Waals surface area contributed by atoms with Crippen LogP contribution in [-0.4, -0.2) is 53.9 Å². The van der Waals surface area contributed by atoms with Gasteiger partial charge in [-0.2, -0.15) is 0 Å². The zero-order valence-corrected chi connectivity index (χ0v) is 17.4. The maximum absolute atomic E-state index is 13.8. The predicted octanol–water partition coefficient (Wildman–Crippen LogP) is 2.56. The van der Waals surface area contributed by atoms with Gasteiger partial charge >= 0.3 is 0 Å². The number of carbonyl (C=O) groups is 3. The first-order valence-corrected chi connectivity index (χ1v) is 10.4. The van der Waals surface area contributed by atoms with E-state index < -0.39 is 34.7 Å². The number of anilines is 1. The fourth-order valence-electron chi connectivity index (χ4n) is 4.97. The standard InChI is InChI=1S/C24H21FN2O5/c1-26-18-7-3-2-6-17(18)24(23(26)31)19(20(28)14-8-10-15(25)11-9-14)21(29)22(30)27(24)13-16-5-4-12-32-16/h2-3,6-11,16,28H,4-5,12-13H2,1H3.